The van der Waals surface area contributed by atoms with Gasteiger partial charge in [0.2, 0.25) is 0 Å². The van der Waals surface area contributed by atoms with Crippen molar-refractivity contribution in [3.63, 3.8) is 0 Å². The van der Waals surface area contributed by atoms with Crippen molar-refractivity contribution < 1.29 is 9.53 Å². The van der Waals surface area contributed by atoms with Gasteiger partial charge in [-0.2, -0.15) is 0 Å². The third-order valence-electron chi connectivity index (χ3n) is 1.86. The van der Waals surface area contributed by atoms with Crippen LogP contribution in [0.3, 0.4) is 0 Å². The monoisotopic (exact) mass is 206 g/mol. The van der Waals surface area contributed by atoms with E-state index >= 15 is 0 Å². The molecule has 0 heterocycles. The Morgan fingerprint density at radius 1 is 1.60 bits per heavy atom. The maximum absolute atomic E-state index is 11.3. The van der Waals surface area contributed by atoms with E-state index in [1.165, 1.54) is 7.11 Å². The van der Waals surface area contributed by atoms with E-state index in [2.05, 4.69) is 14.8 Å². The van der Waals surface area contributed by atoms with Crippen LogP contribution in [0.15, 0.2) is 17.2 Å². The average molecular weight is 206 g/mol. The Balaban J connectivity index is 3.40. The summed E-state index contributed by atoms with van der Waals surface area (Å²) in [5.74, 6) is -0.550. The minimum atomic E-state index is -0.550. The van der Waals surface area contributed by atoms with Crippen LogP contribution < -0.4 is 5.73 Å². The number of nitrogens with two attached hydrogens (primary N) is 1. The van der Waals surface area contributed by atoms with Crippen LogP contribution in [-0.4, -0.2) is 13.1 Å². The van der Waals surface area contributed by atoms with E-state index in [0.717, 1.165) is 5.56 Å². The van der Waals surface area contributed by atoms with Crippen LogP contribution in [-0.2, 0) is 4.74 Å². The first kappa shape index (κ1) is 10.9. The number of anilines is 1. The predicted molar refractivity (Wildman–Crippen MR) is 55.7 cm³/mol. The molecule has 0 spiro atoms. The molecule has 0 aromatic heterocycles. The summed E-state index contributed by atoms with van der Waals surface area (Å²) in [4.78, 5) is 13.9. The lowest BCUT2D eigenvalue weighted by Crippen LogP contribution is -2.06. The van der Waals surface area contributed by atoms with E-state index in [1.807, 2.05) is 0 Å². The normalized spacial score (nSPS) is 9.20. The molecule has 15 heavy (non-hydrogen) atoms. The van der Waals surface area contributed by atoms with Gasteiger partial charge in [0, 0.05) is 4.91 Å². The Kier molecular flexibility index (Phi) is 3.15. The number of carbonyl (C=O) groups is 1. The van der Waals surface area contributed by atoms with Gasteiger partial charge in [0.05, 0.1) is 24.0 Å². The molecule has 0 unspecified atom stereocenters. The topological polar surface area (TPSA) is 101 Å². The van der Waals surface area contributed by atoms with Gasteiger partial charge in [-0.1, -0.05) is 5.11 Å². The second-order valence-electron chi connectivity index (χ2n) is 2.93. The zero-order valence-corrected chi connectivity index (χ0v) is 8.39. The van der Waals surface area contributed by atoms with E-state index in [9.17, 15) is 4.79 Å². The molecule has 1 aromatic rings. The van der Waals surface area contributed by atoms with Crippen molar-refractivity contribution in [2.24, 2.45) is 5.11 Å². The molecule has 0 bridgehead atoms. The van der Waals surface area contributed by atoms with Gasteiger partial charge < -0.3 is 10.5 Å². The summed E-state index contributed by atoms with van der Waals surface area (Å²) < 4.78 is 4.55. The quantitative estimate of drug-likeness (QED) is 0.264. The highest BCUT2D eigenvalue weighted by Gasteiger charge is 2.13. The van der Waals surface area contributed by atoms with E-state index in [4.69, 9.17) is 11.3 Å². The van der Waals surface area contributed by atoms with Crippen LogP contribution in [0.1, 0.15) is 15.9 Å². The van der Waals surface area contributed by atoms with Crippen LogP contribution in [0.2, 0.25) is 0 Å². The Bertz CT molecular complexity index is 450. The number of azide groups is 1. The first-order chi connectivity index (χ1) is 7.10. The third-order valence-corrected chi connectivity index (χ3v) is 1.86. The van der Waals surface area contributed by atoms with Crippen molar-refractivity contribution in [2.45, 2.75) is 6.92 Å². The molecule has 0 amide bonds. The first-order valence-electron chi connectivity index (χ1n) is 4.13. The number of nitrogen functional groups attached to an aromatic ring is 1. The molecular weight excluding hydrogens is 196 g/mol. The number of carbonyl (C=O) groups excluding carboxylic acids is 1. The van der Waals surface area contributed by atoms with Gasteiger partial charge in [-0.15, -0.1) is 0 Å². The van der Waals surface area contributed by atoms with Crippen LogP contribution >= 0.6 is 0 Å². The lowest BCUT2D eigenvalue weighted by molar-refractivity contribution is 0.0602. The molecule has 0 aliphatic heterocycles. The summed E-state index contributed by atoms with van der Waals surface area (Å²) in [6.45, 7) is 1.77. The maximum Gasteiger partial charge on any atom is 0.339 e. The van der Waals surface area contributed by atoms with Gasteiger partial charge in [0.25, 0.3) is 0 Å². The van der Waals surface area contributed by atoms with E-state index in [-0.39, 0.29) is 16.9 Å². The van der Waals surface area contributed by atoms with Gasteiger partial charge in [-0.05, 0) is 30.2 Å². The van der Waals surface area contributed by atoms with E-state index < -0.39 is 5.97 Å². The molecule has 0 atom stereocenters. The Labute approximate surface area is 86.3 Å². The van der Waals surface area contributed by atoms with Gasteiger partial charge in [-0.3, -0.25) is 0 Å². The number of aryl methyl sites for hydroxylation is 1. The molecule has 0 aliphatic rings. The highest BCUT2D eigenvalue weighted by atomic mass is 16.5. The summed E-state index contributed by atoms with van der Waals surface area (Å²) >= 11 is 0. The molecule has 1 rings (SSSR count). The highest BCUT2D eigenvalue weighted by molar-refractivity contribution is 5.98. The number of hydrogen-bond donors (Lipinski definition) is 1. The largest absolute Gasteiger partial charge is 0.465 e. The van der Waals surface area contributed by atoms with Crippen LogP contribution in [0, 0.1) is 6.92 Å². The van der Waals surface area contributed by atoms with Crippen LogP contribution in [0.25, 0.3) is 10.4 Å². The average Bonchev–Trinajstić information content (AvgIpc) is 2.22. The second-order valence-corrected chi connectivity index (χ2v) is 2.93. The molecule has 0 saturated carbocycles. The number of nitrogens with zero attached hydrogens (tertiary/aromatic N) is 3. The number of esters is 1. The van der Waals surface area contributed by atoms with Gasteiger partial charge >= 0.3 is 5.97 Å². The molecule has 0 aliphatic carbocycles. The minimum absolute atomic E-state index is 0.130. The third kappa shape index (κ3) is 2.18. The molecule has 0 radical (unpaired) electrons. The summed E-state index contributed by atoms with van der Waals surface area (Å²) in [7, 11) is 1.26. The Morgan fingerprint density at radius 2 is 2.27 bits per heavy atom. The van der Waals surface area contributed by atoms with Crippen molar-refractivity contribution in [1.82, 2.24) is 0 Å². The molecule has 6 nitrogen and oxygen atoms in total. The zero-order valence-electron chi connectivity index (χ0n) is 8.39. The standard InChI is InChI=1S/C9H10N4O2/c1-5-3-6(9(14)15-2)8(10)7(4-5)12-13-11/h3-4H,10H2,1-2H3. The smallest absolute Gasteiger partial charge is 0.339 e. The lowest BCUT2D eigenvalue weighted by Gasteiger charge is -2.07. The molecule has 78 valence electrons. The van der Waals surface area contributed by atoms with Crippen LogP contribution in [0.5, 0.6) is 0 Å². The van der Waals surface area contributed by atoms with Crippen LogP contribution in [0.4, 0.5) is 11.4 Å². The number of ether oxygens (including phenoxy) is 1. The minimum Gasteiger partial charge on any atom is -0.465 e. The molecule has 0 saturated heterocycles. The number of methoxy groups -OCH3 is 1. The van der Waals surface area contributed by atoms with Gasteiger partial charge in [0.1, 0.15) is 0 Å². The Morgan fingerprint density at radius 3 is 2.80 bits per heavy atom. The molecule has 6 heteroatoms. The number of rotatable bonds is 2. The molecule has 1 aromatic carbocycles. The molecule has 2 N–H and O–H groups in total. The zero-order chi connectivity index (χ0) is 11.4. The molecule has 0 fully saturated rings. The lowest BCUT2D eigenvalue weighted by atomic mass is 10.1. The summed E-state index contributed by atoms with van der Waals surface area (Å²) in [5.41, 5.74) is 15.3. The number of benzene rings is 1. The predicted octanol–water partition coefficient (Wildman–Crippen LogP) is 2.31. The molecular formula is C9H10N4O2. The van der Waals surface area contributed by atoms with E-state index in [1.54, 1.807) is 19.1 Å². The highest BCUT2D eigenvalue weighted by Crippen LogP contribution is 2.28. The summed E-state index contributed by atoms with van der Waals surface area (Å²) in [5, 5.41) is 3.39. The first-order valence-corrected chi connectivity index (χ1v) is 4.13. The van der Waals surface area contributed by atoms with Crippen molar-refractivity contribution in [1.29, 1.82) is 0 Å². The fourth-order valence-electron chi connectivity index (χ4n) is 1.19. The van der Waals surface area contributed by atoms with Gasteiger partial charge in [-0.25, -0.2) is 4.79 Å². The fraction of sp³-hybridized carbons (Fsp3) is 0.222. The number of hydrogen-bond acceptors (Lipinski definition) is 4. The van der Waals surface area contributed by atoms with Crippen molar-refractivity contribution in [3.05, 3.63) is 33.7 Å². The second kappa shape index (κ2) is 4.34. The van der Waals surface area contributed by atoms with Crippen molar-refractivity contribution >= 4 is 17.3 Å². The fourth-order valence-corrected chi connectivity index (χ4v) is 1.19. The summed E-state index contributed by atoms with van der Waals surface area (Å²) in [6.07, 6.45) is 0. The van der Waals surface area contributed by atoms with Crippen molar-refractivity contribution in [2.75, 3.05) is 12.8 Å². The Hall–Kier alpha value is -2.20. The van der Waals surface area contributed by atoms with Gasteiger partial charge in [0.15, 0.2) is 0 Å². The SMILES string of the molecule is COC(=O)c1cc(C)cc(N=[N+]=[N-])c1N. The summed E-state index contributed by atoms with van der Waals surface area (Å²) in [6, 6.07) is 3.18. The van der Waals surface area contributed by atoms with Crippen molar-refractivity contribution in [3.8, 4) is 0 Å². The van der Waals surface area contributed by atoms with E-state index in [0.29, 0.717) is 0 Å². The maximum atomic E-state index is 11.3.